The fourth-order valence-electron chi connectivity index (χ4n) is 3.12. The molecule has 1 fully saturated rings. The van der Waals surface area contributed by atoms with Crippen LogP contribution in [0.3, 0.4) is 0 Å². The molecule has 1 aliphatic heterocycles. The third-order valence-electron chi connectivity index (χ3n) is 4.70. The second-order valence-corrected chi connectivity index (χ2v) is 6.64. The highest BCUT2D eigenvalue weighted by atomic mass is 16.5. The first-order chi connectivity index (χ1) is 12.5. The summed E-state index contributed by atoms with van der Waals surface area (Å²) in [6.07, 6.45) is 0.169. The van der Waals surface area contributed by atoms with Gasteiger partial charge in [0.05, 0.1) is 13.0 Å². The lowest BCUT2D eigenvalue weighted by atomic mass is 10.1. The predicted molar refractivity (Wildman–Crippen MR) is 99.2 cm³/mol. The largest absolute Gasteiger partial charge is 0.497 e. The zero-order chi connectivity index (χ0) is 18.7. The Bertz CT molecular complexity index is 831. The monoisotopic (exact) mass is 353 g/mol. The van der Waals surface area contributed by atoms with Gasteiger partial charge in [0, 0.05) is 24.7 Å². The molecular formula is C21H23NO4. The minimum Gasteiger partial charge on any atom is -0.497 e. The lowest BCUT2D eigenvalue weighted by Crippen LogP contribution is -2.26. The molecule has 1 heterocycles. The zero-order valence-electron chi connectivity index (χ0n) is 15.3. The van der Waals surface area contributed by atoms with Crippen LogP contribution >= 0.6 is 0 Å². The van der Waals surface area contributed by atoms with E-state index in [9.17, 15) is 9.59 Å². The number of ether oxygens (including phenoxy) is 2. The molecule has 1 aliphatic rings. The highest BCUT2D eigenvalue weighted by molar-refractivity contribution is 5.99. The van der Waals surface area contributed by atoms with E-state index in [2.05, 4.69) is 0 Å². The molecule has 1 unspecified atom stereocenters. The van der Waals surface area contributed by atoms with Gasteiger partial charge in [0.2, 0.25) is 5.91 Å². The molecular weight excluding hydrogens is 330 g/mol. The number of hydrogen-bond acceptors (Lipinski definition) is 4. The average Bonchev–Trinajstić information content (AvgIpc) is 3.04. The van der Waals surface area contributed by atoms with E-state index in [-0.39, 0.29) is 24.9 Å². The van der Waals surface area contributed by atoms with Crippen LogP contribution in [0.4, 0.5) is 5.69 Å². The second-order valence-electron chi connectivity index (χ2n) is 6.64. The average molecular weight is 353 g/mol. The van der Waals surface area contributed by atoms with Crippen molar-refractivity contribution in [3.63, 3.8) is 0 Å². The van der Waals surface area contributed by atoms with Crippen LogP contribution in [0.5, 0.6) is 5.75 Å². The maximum atomic E-state index is 12.4. The van der Waals surface area contributed by atoms with Gasteiger partial charge in [0.15, 0.2) is 0 Å². The Kier molecular flexibility index (Phi) is 5.26. The number of anilines is 1. The van der Waals surface area contributed by atoms with Crippen molar-refractivity contribution in [3.05, 3.63) is 59.2 Å². The van der Waals surface area contributed by atoms with E-state index in [1.807, 2.05) is 50.2 Å². The maximum absolute atomic E-state index is 12.4. The number of aryl methyl sites for hydroxylation is 2. The Morgan fingerprint density at radius 2 is 2.00 bits per heavy atom. The van der Waals surface area contributed by atoms with E-state index in [0.717, 1.165) is 22.4 Å². The van der Waals surface area contributed by atoms with Crippen molar-refractivity contribution in [2.24, 2.45) is 5.92 Å². The summed E-state index contributed by atoms with van der Waals surface area (Å²) >= 11 is 0. The van der Waals surface area contributed by atoms with Gasteiger partial charge in [-0.3, -0.25) is 9.59 Å². The quantitative estimate of drug-likeness (QED) is 0.773. The van der Waals surface area contributed by atoms with E-state index in [0.29, 0.717) is 12.3 Å². The van der Waals surface area contributed by atoms with Crippen molar-refractivity contribution in [2.45, 2.75) is 26.9 Å². The summed E-state index contributed by atoms with van der Waals surface area (Å²) in [6.45, 7) is 4.56. The molecule has 136 valence electrons. The summed E-state index contributed by atoms with van der Waals surface area (Å²) in [5.41, 5.74) is 3.94. The van der Waals surface area contributed by atoms with Crippen LogP contribution in [0, 0.1) is 19.8 Å². The number of methoxy groups -OCH3 is 1. The number of esters is 1. The van der Waals surface area contributed by atoms with Gasteiger partial charge in [-0.15, -0.1) is 0 Å². The number of carbonyl (C=O) groups excluding carboxylic acids is 2. The summed E-state index contributed by atoms with van der Waals surface area (Å²) in [5, 5.41) is 0. The summed E-state index contributed by atoms with van der Waals surface area (Å²) in [6, 6.07) is 13.3. The van der Waals surface area contributed by atoms with Gasteiger partial charge in [-0.25, -0.2) is 0 Å². The van der Waals surface area contributed by atoms with E-state index >= 15 is 0 Å². The van der Waals surface area contributed by atoms with Crippen LogP contribution in [0.25, 0.3) is 0 Å². The van der Waals surface area contributed by atoms with E-state index in [1.165, 1.54) is 0 Å². The molecule has 0 aliphatic carbocycles. The Morgan fingerprint density at radius 3 is 2.77 bits per heavy atom. The maximum Gasteiger partial charge on any atom is 0.311 e. The van der Waals surface area contributed by atoms with Crippen molar-refractivity contribution < 1.29 is 19.1 Å². The molecule has 0 radical (unpaired) electrons. The fraction of sp³-hybridized carbons (Fsp3) is 0.333. The number of benzene rings is 2. The molecule has 0 bridgehead atoms. The minimum atomic E-state index is -0.446. The van der Waals surface area contributed by atoms with Gasteiger partial charge in [-0.2, -0.15) is 0 Å². The van der Waals surface area contributed by atoms with Gasteiger partial charge in [-0.05, 0) is 37.1 Å². The number of carbonyl (C=O) groups is 2. The summed E-state index contributed by atoms with van der Waals surface area (Å²) < 4.78 is 10.7. The topological polar surface area (TPSA) is 55.8 Å². The minimum absolute atomic E-state index is 0.0769. The molecule has 5 nitrogen and oxygen atoms in total. The van der Waals surface area contributed by atoms with Crippen molar-refractivity contribution in [1.29, 1.82) is 0 Å². The van der Waals surface area contributed by atoms with Crippen molar-refractivity contribution in [3.8, 4) is 5.75 Å². The van der Waals surface area contributed by atoms with Gasteiger partial charge < -0.3 is 14.4 Å². The van der Waals surface area contributed by atoms with E-state index < -0.39 is 5.92 Å². The molecule has 2 aromatic rings. The molecule has 2 aromatic carbocycles. The molecule has 1 amide bonds. The molecule has 0 saturated carbocycles. The molecule has 1 atom stereocenters. The van der Waals surface area contributed by atoms with E-state index in [4.69, 9.17) is 9.47 Å². The number of rotatable bonds is 5. The Morgan fingerprint density at radius 1 is 1.19 bits per heavy atom. The van der Waals surface area contributed by atoms with Crippen molar-refractivity contribution in [1.82, 2.24) is 0 Å². The van der Waals surface area contributed by atoms with Gasteiger partial charge in [-0.1, -0.05) is 29.8 Å². The van der Waals surface area contributed by atoms with Gasteiger partial charge >= 0.3 is 5.97 Å². The predicted octanol–water partition coefficient (Wildman–Crippen LogP) is 3.41. The lowest BCUT2D eigenvalue weighted by Gasteiger charge is -2.17. The Balaban J connectivity index is 1.64. The first kappa shape index (κ1) is 18.0. The number of nitrogens with zero attached hydrogens (tertiary/aromatic N) is 1. The third kappa shape index (κ3) is 3.87. The van der Waals surface area contributed by atoms with Gasteiger partial charge in [0.1, 0.15) is 12.4 Å². The van der Waals surface area contributed by atoms with Crippen LogP contribution in [-0.2, 0) is 20.9 Å². The zero-order valence-corrected chi connectivity index (χ0v) is 15.3. The standard InChI is InChI=1S/C21H23NO4/c1-14-7-8-15(2)17(9-14)13-26-21(24)16-10-20(23)22(12-16)18-5-4-6-19(11-18)25-3/h4-9,11,16H,10,12-13H2,1-3H3. The van der Waals surface area contributed by atoms with E-state index in [1.54, 1.807) is 18.1 Å². The van der Waals surface area contributed by atoms with Crippen LogP contribution < -0.4 is 9.64 Å². The Labute approximate surface area is 153 Å². The van der Waals surface area contributed by atoms with Gasteiger partial charge in [0.25, 0.3) is 0 Å². The molecule has 26 heavy (non-hydrogen) atoms. The summed E-state index contributed by atoms with van der Waals surface area (Å²) in [4.78, 5) is 26.4. The highest BCUT2D eigenvalue weighted by Crippen LogP contribution is 2.28. The fourth-order valence-corrected chi connectivity index (χ4v) is 3.12. The number of hydrogen-bond donors (Lipinski definition) is 0. The Hall–Kier alpha value is -2.82. The SMILES string of the molecule is COc1cccc(N2CC(C(=O)OCc3cc(C)ccc3C)CC2=O)c1. The summed E-state index contributed by atoms with van der Waals surface area (Å²) in [5.74, 6) is -0.174. The molecule has 0 spiro atoms. The van der Waals surface area contributed by atoms with Crippen LogP contribution in [-0.4, -0.2) is 25.5 Å². The first-order valence-corrected chi connectivity index (χ1v) is 8.65. The van der Waals surface area contributed by atoms with Crippen LogP contribution in [0.1, 0.15) is 23.1 Å². The lowest BCUT2D eigenvalue weighted by molar-refractivity contribution is -0.149. The molecule has 5 heteroatoms. The summed E-state index contributed by atoms with van der Waals surface area (Å²) in [7, 11) is 1.58. The van der Waals surface area contributed by atoms with Crippen LogP contribution in [0.15, 0.2) is 42.5 Å². The smallest absolute Gasteiger partial charge is 0.311 e. The van der Waals surface area contributed by atoms with Crippen LogP contribution in [0.2, 0.25) is 0 Å². The van der Waals surface area contributed by atoms with Crippen molar-refractivity contribution >= 4 is 17.6 Å². The number of amides is 1. The molecule has 1 saturated heterocycles. The normalized spacial score (nSPS) is 16.7. The molecule has 3 rings (SSSR count). The highest BCUT2D eigenvalue weighted by Gasteiger charge is 2.36. The molecule has 0 N–H and O–H groups in total. The molecule has 0 aromatic heterocycles. The van der Waals surface area contributed by atoms with Crippen molar-refractivity contribution in [2.75, 3.05) is 18.6 Å². The second kappa shape index (κ2) is 7.60. The third-order valence-corrected chi connectivity index (χ3v) is 4.70. The first-order valence-electron chi connectivity index (χ1n) is 8.65.